The van der Waals surface area contributed by atoms with Gasteiger partial charge in [-0.25, -0.2) is 14.4 Å². The molecule has 5 heterocycles. The van der Waals surface area contributed by atoms with Crippen LogP contribution in [0.2, 0.25) is 0 Å². The van der Waals surface area contributed by atoms with E-state index in [1.807, 2.05) is 12.1 Å². The van der Waals surface area contributed by atoms with Crippen LogP contribution in [0.5, 0.6) is 0 Å². The molecule has 6 rings (SSSR count). The lowest BCUT2D eigenvalue weighted by atomic mass is 10.1. The number of anilines is 1. The summed E-state index contributed by atoms with van der Waals surface area (Å²) in [5.41, 5.74) is 5.62. The standard InChI is InChI=1S/C26H19FN8O/c1-2-22(36)31-16-7-14(9-28-11-16)15-8-18-24(34-35-25(18)30-10-15)26-32-21-13-29-12-19(23(21)33-26)17-5-3-4-6-20(17)27/h3-13H,2H2,1H3,(H,31,36)(H,32,33)(H,30,34,35). The van der Waals surface area contributed by atoms with Crippen molar-refractivity contribution >= 4 is 33.7 Å². The number of aromatic amines is 2. The Balaban J connectivity index is 1.44. The molecule has 6 aromatic rings. The highest BCUT2D eigenvalue weighted by Gasteiger charge is 2.18. The number of hydrogen-bond donors (Lipinski definition) is 3. The lowest BCUT2D eigenvalue weighted by Gasteiger charge is -2.06. The molecule has 0 aliphatic rings. The van der Waals surface area contributed by atoms with E-state index in [0.29, 0.717) is 51.4 Å². The molecule has 1 aromatic carbocycles. The number of pyridine rings is 3. The first kappa shape index (κ1) is 21.5. The number of amides is 1. The Bertz CT molecular complexity index is 1760. The van der Waals surface area contributed by atoms with Gasteiger partial charge >= 0.3 is 0 Å². The molecular weight excluding hydrogens is 459 g/mol. The monoisotopic (exact) mass is 478 g/mol. The van der Waals surface area contributed by atoms with Gasteiger partial charge in [-0.1, -0.05) is 25.1 Å². The summed E-state index contributed by atoms with van der Waals surface area (Å²) >= 11 is 0. The fraction of sp³-hybridized carbons (Fsp3) is 0.0769. The van der Waals surface area contributed by atoms with Crippen LogP contribution in [-0.4, -0.2) is 41.0 Å². The topological polar surface area (TPSA) is 125 Å². The van der Waals surface area contributed by atoms with Crippen LogP contribution >= 0.6 is 0 Å². The first-order valence-electron chi connectivity index (χ1n) is 11.3. The lowest BCUT2D eigenvalue weighted by molar-refractivity contribution is -0.115. The van der Waals surface area contributed by atoms with E-state index in [2.05, 4.69) is 35.5 Å². The molecule has 36 heavy (non-hydrogen) atoms. The number of carbonyl (C=O) groups is 1. The number of nitrogens with zero attached hydrogens (tertiary/aromatic N) is 5. The predicted octanol–water partition coefficient (Wildman–Crippen LogP) is 5.11. The van der Waals surface area contributed by atoms with E-state index >= 15 is 0 Å². The molecule has 3 N–H and O–H groups in total. The molecule has 0 spiro atoms. The maximum Gasteiger partial charge on any atom is 0.224 e. The number of fused-ring (bicyclic) bond motifs is 2. The van der Waals surface area contributed by atoms with Crippen molar-refractivity contribution in [3.63, 3.8) is 0 Å². The molecule has 176 valence electrons. The van der Waals surface area contributed by atoms with Gasteiger partial charge in [-0.2, -0.15) is 5.10 Å². The number of aromatic nitrogens is 7. The van der Waals surface area contributed by atoms with Gasteiger partial charge in [-0.05, 0) is 18.2 Å². The summed E-state index contributed by atoms with van der Waals surface area (Å²) < 4.78 is 14.5. The van der Waals surface area contributed by atoms with Gasteiger partial charge in [0, 0.05) is 47.3 Å². The van der Waals surface area contributed by atoms with Gasteiger partial charge in [0.15, 0.2) is 11.5 Å². The molecule has 0 aliphatic heterocycles. The zero-order chi connectivity index (χ0) is 24.6. The van der Waals surface area contributed by atoms with Crippen molar-refractivity contribution in [2.45, 2.75) is 13.3 Å². The average molecular weight is 478 g/mol. The van der Waals surface area contributed by atoms with E-state index in [9.17, 15) is 9.18 Å². The van der Waals surface area contributed by atoms with Gasteiger partial charge in [0.25, 0.3) is 0 Å². The van der Waals surface area contributed by atoms with Crippen molar-refractivity contribution in [2.75, 3.05) is 5.32 Å². The van der Waals surface area contributed by atoms with Crippen molar-refractivity contribution in [3.05, 3.63) is 73.2 Å². The summed E-state index contributed by atoms with van der Waals surface area (Å²) in [5.74, 6) is 0.0676. The van der Waals surface area contributed by atoms with Gasteiger partial charge < -0.3 is 10.3 Å². The number of carbonyl (C=O) groups excluding carboxylic acids is 1. The third-order valence-corrected chi connectivity index (χ3v) is 5.88. The first-order chi connectivity index (χ1) is 17.6. The summed E-state index contributed by atoms with van der Waals surface area (Å²) in [5, 5.41) is 10.9. The Kier molecular flexibility index (Phi) is 5.18. The molecule has 0 bridgehead atoms. The molecular formula is C26H19FN8O. The lowest BCUT2D eigenvalue weighted by Crippen LogP contribution is -2.09. The Morgan fingerprint density at radius 3 is 2.69 bits per heavy atom. The van der Waals surface area contributed by atoms with Crippen LogP contribution in [0.1, 0.15) is 13.3 Å². The number of benzene rings is 1. The van der Waals surface area contributed by atoms with E-state index in [0.717, 1.165) is 16.5 Å². The normalized spacial score (nSPS) is 11.3. The largest absolute Gasteiger partial charge is 0.335 e. The highest BCUT2D eigenvalue weighted by atomic mass is 19.1. The zero-order valence-corrected chi connectivity index (χ0v) is 19.1. The van der Waals surface area contributed by atoms with Crippen LogP contribution in [0.25, 0.3) is 55.8 Å². The van der Waals surface area contributed by atoms with Gasteiger partial charge in [0.05, 0.1) is 29.0 Å². The van der Waals surface area contributed by atoms with E-state index in [4.69, 9.17) is 4.98 Å². The maximum atomic E-state index is 14.5. The number of nitrogens with one attached hydrogen (secondary N) is 3. The molecule has 9 nitrogen and oxygen atoms in total. The van der Waals surface area contributed by atoms with Crippen LogP contribution < -0.4 is 5.32 Å². The molecule has 0 fully saturated rings. The van der Waals surface area contributed by atoms with Crippen LogP contribution in [-0.2, 0) is 4.79 Å². The molecule has 0 aliphatic carbocycles. The summed E-state index contributed by atoms with van der Waals surface area (Å²) in [6.07, 6.45) is 8.65. The Labute approximate surface area is 203 Å². The quantitative estimate of drug-likeness (QED) is 0.316. The van der Waals surface area contributed by atoms with Gasteiger partial charge in [0.1, 0.15) is 17.0 Å². The molecule has 0 saturated carbocycles. The van der Waals surface area contributed by atoms with Crippen molar-refractivity contribution in [2.24, 2.45) is 0 Å². The third kappa shape index (κ3) is 3.74. The minimum atomic E-state index is -0.346. The Hall–Kier alpha value is -4.99. The van der Waals surface area contributed by atoms with Crippen molar-refractivity contribution in [1.29, 1.82) is 0 Å². The fourth-order valence-corrected chi connectivity index (χ4v) is 4.08. The Morgan fingerprint density at radius 1 is 1.00 bits per heavy atom. The summed E-state index contributed by atoms with van der Waals surface area (Å²) in [7, 11) is 0. The highest BCUT2D eigenvalue weighted by molar-refractivity contribution is 5.97. The van der Waals surface area contributed by atoms with Crippen LogP contribution in [0, 0.1) is 5.82 Å². The van der Waals surface area contributed by atoms with E-state index in [-0.39, 0.29) is 11.7 Å². The number of halogens is 1. The van der Waals surface area contributed by atoms with E-state index in [1.54, 1.807) is 56.1 Å². The summed E-state index contributed by atoms with van der Waals surface area (Å²) in [4.78, 5) is 32.8. The minimum Gasteiger partial charge on any atom is -0.335 e. The van der Waals surface area contributed by atoms with E-state index < -0.39 is 0 Å². The second-order valence-electron chi connectivity index (χ2n) is 8.20. The smallest absolute Gasteiger partial charge is 0.224 e. The molecule has 0 atom stereocenters. The molecule has 10 heteroatoms. The number of imidazole rings is 1. The predicted molar refractivity (Wildman–Crippen MR) is 134 cm³/mol. The highest BCUT2D eigenvalue weighted by Crippen LogP contribution is 2.33. The molecule has 0 unspecified atom stereocenters. The summed E-state index contributed by atoms with van der Waals surface area (Å²) in [6, 6.07) is 10.3. The van der Waals surface area contributed by atoms with Crippen LogP contribution in [0.15, 0.2) is 67.4 Å². The van der Waals surface area contributed by atoms with Gasteiger partial charge in [0.2, 0.25) is 5.91 Å². The van der Waals surface area contributed by atoms with Crippen molar-refractivity contribution in [1.82, 2.24) is 35.1 Å². The molecule has 0 saturated heterocycles. The van der Waals surface area contributed by atoms with Gasteiger partial charge in [-0.3, -0.25) is 19.9 Å². The average Bonchev–Trinajstić information content (AvgIpc) is 3.52. The first-order valence-corrected chi connectivity index (χ1v) is 11.3. The Morgan fingerprint density at radius 2 is 1.83 bits per heavy atom. The molecule has 1 amide bonds. The van der Waals surface area contributed by atoms with Crippen molar-refractivity contribution in [3.8, 4) is 33.8 Å². The number of rotatable bonds is 5. The SMILES string of the molecule is CCC(=O)Nc1cncc(-c2cnc3[nH]nc(-c4nc5c(-c6ccccc6F)cncc5[nH]4)c3c2)c1. The van der Waals surface area contributed by atoms with Gasteiger partial charge in [-0.15, -0.1) is 0 Å². The van der Waals surface area contributed by atoms with Crippen LogP contribution in [0.3, 0.4) is 0 Å². The van der Waals surface area contributed by atoms with Crippen LogP contribution in [0.4, 0.5) is 10.1 Å². The molecule has 5 aromatic heterocycles. The third-order valence-electron chi connectivity index (χ3n) is 5.88. The molecule has 0 radical (unpaired) electrons. The van der Waals surface area contributed by atoms with Crippen molar-refractivity contribution < 1.29 is 9.18 Å². The number of H-pyrrole nitrogens is 2. The van der Waals surface area contributed by atoms with E-state index in [1.165, 1.54) is 6.07 Å². The fourth-order valence-electron chi connectivity index (χ4n) is 4.08. The number of hydrogen-bond acceptors (Lipinski definition) is 6. The summed E-state index contributed by atoms with van der Waals surface area (Å²) in [6.45, 7) is 1.79. The zero-order valence-electron chi connectivity index (χ0n) is 19.1. The maximum absolute atomic E-state index is 14.5. The second-order valence-corrected chi connectivity index (χ2v) is 8.20. The second kappa shape index (κ2) is 8.66. The minimum absolute atomic E-state index is 0.0891.